The number of methoxy groups -OCH3 is 3. The molecule has 4 aromatic carbocycles. The van der Waals surface area contributed by atoms with Gasteiger partial charge < -0.3 is 14.2 Å². The number of aromatic nitrogens is 3. The molecule has 3 heterocycles. The molecule has 9 nitrogen and oxygen atoms in total. The average molecular weight is 712 g/mol. The Kier molecular flexibility index (Phi) is 10.1. The molecule has 0 unspecified atom stereocenters. The number of ether oxygens (including phenoxy) is 3. The fourth-order valence-electron chi connectivity index (χ4n) is 6.39. The zero-order valence-corrected chi connectivity index (χ0v) is 29.6. The van der Waals surface area contributed by atoms with E-state index in [0.29, 0.717) is 0 Å². The van der Waals surface area contributed by atoms with E-state index in [0.717, 1.165) is 66.8 Å². The van der Waals surface area contributed by atoms with Crippen LogP contribution in [0.15, 0.2) is 146 Å². The highest BCUT2D eigenvalue weighted by Gasteiger charge is 2.18. The number of hydrogen-bond acceptors (Lipinski definition) is 9. The van der Waals surface area contributed by atoms with Crippen molar-refractivity contribution in [3.8, 4) is 66.8 Å². The van der Waals surface area contributed by atoms with Gasteiger partial charge in [0, 0.05) is 35.3 Å². The zero-order chi connectivity index (χ0) is 37.6. The van der Waals surface area contributed by atoms with Gasteiger partial charge >= 0.3 is 17.9 Å². The van der Waals surface area contributed by atoms with Gasteiger partial charge in [0.1, 0.15) is 17.1 Å². The molecule has 0 N–H and O–H groups in total. The van der Waals surface area contributed by atoms with Crippen molar-refractivity contribution in [3.63, 3.8) is 0 Å². The highest BCUT2D eigenvalue weighted by molar-refractivity contribution is 5.95. The molecule has 0 bridgehead atoms. The van der Waals surface area contributed by atoms with Gasteiger partial charge in [0.25, 0.3) is 0 Å². The number of carbonyl (C=O) groups is 3. The molecule has 0 aliphatic rings. The summed E-state index contributed by atoms with van der Waals surface area (Å²) in [4.78, 5) is 49.6. The van der Waals surface area contributed by atoms with E-state index in [2.05, 4.69) is 51.4 Å². The summed E-state index contributed by atoms with van der Waals surface area (Å²) < 4.78 is 14.6. The molecule has 0 radical (unpaired) electrons. The second kappa shape index (κ2) is 15.5. The lowest BCUT2D eigenvalue weighted by Gasteiger charge is -2.18. The summed E-state index contributed by atoms with van der Waals surface area (Å²) in [7, 11) is 3.99. The van der Waals surface area contributed by atoms with Gasteiger partial charge in [-0.3, -0.25) is 0 Å². The standard InChI is InChI=1S/C45H33N3O6/c1-52-43(49)40-19-16-28(25-46-40)34-10-4-7-13-37(34)31-22-32(38-14-8-5-11-35(38)29-17-20-41(47-26-29)44(50)53-2)24-33(23-31)39-15-9-6-12-36(39)30-18-21-42(48-27-30)45(51)54-3/h4-27H,1-3H3. The topological polar surface area (TPSA) is 118 Å². The van der Waals surface area contributed by atoms with Crippen molar-refractivity contribution >= 4 is 17.9 Å². The number of carbonyl (C=O) groups excluding carboxylic acids is 3. The fourth-order valence-corrected chi connectivity index (χ4v) is 6.39. The van der Waals surface area contributed by atoms with Gasteiger partial charge in [-0.15, -0.1) is 0 Å². The molecule has 0 saturated heterocycles. The number of benzene rings is 4. The van der Waals surface area contributed by atoms with E-state index in [1.165, 1.54) is 21.3 Å². The monoisotopic (exact) mass is 711 g/mol. The third-order valence-electron chi connectivity index (χ3n) is 9.05. The molecule has 3 aromatic heterocycles. The first-order chi connectivity index (χ1) is 26.4. The summed E-state index contributed by atoms with van der Waals surface area (Å²) in [6.07, 6.45) is 5.03. The van der Waals surface area contributed by atoms with Crippen molar-refractivity contribution in [2.45, 2.75) is 0 Å². The Hall–Kier alpha value is -7.26. The van der Waals surface area contributed by atoms with Crippen LogP contribution >= 0.6 is 0 Å². The predicted octanol–water partition coefficient (Wildman–Crippen LogP) is 9.23. The molecule has 9 heteroatoms. The number of hydrogen-bond donors (Lipinski definition) is 0. The Labute approximate surface area is 311 Å². The van der Waals surface area contributed by atoms with Crippen molar-refractivity contribution in [1.29, 1.82) is 0 Å². The minimum atomic E-state index is -0.505. The summed E-state index contributed by atoms with van der Waals surface area (Å²) in [5.41, 5.74) is 11.6. The lowest BCUT2D eigenvalue weighted by molar-refractivity contribution is 0.0585. The molecule has 0 saturated carbocycles. The Morgan fingerprint density at radius 1 is 0.352 bits per heavy atom. The Morgan fingerprint density at radius 3 is 0.796 bits per heavy atom. The molecule has 7 rings (SSSR count). The number of pyridine rings is 3. The van der Waals surface area contributed by atoms with Crippen molar-refractivity contribution in [2.75, 3.05) is 21.3 Å². The molecule has 0 aliphatic carbocycles. The SMILES string of the molecule is COC(=O)c1ccc(-c2ccccc2-c2cc(-c3ccccc3-c3ccc(C(=O)OC)nc3)cc(-c3ccccc3-c3ccc(C(=O)OC)nc3)c2)cn1. The number of esters is 3. The second-order valence-corrected chi connectivity index (χ2v) is 12.2. The van der Waals surface area contributed by atoms with Crippen LogP contribution in [0.1, 0.15) is 31.5 Å². The average Bonchev–Trinajstić information content (AvgIpc) is 3.25. The highest BCUT2D eigenvalue weighted by Crippen LogP contribution is 2.42. The Morgan fingerprint density at radius 2 is 0.593 bits per heavy atom. The van der Waals surface area contributed by atoms with Crippen molar-refractivity contribution < 1.29 is 28.6 Å². The number of nitrogens with zero attached hydrogens (tertiary/aromatic N) is 3. The molecule has 54 heavy (non-hydrogen) atoms. The third-order valence-corrected chi connectivity index (χ3v) is 9.05. The zero-order valence-electron chi connectivity index (χ0n) is 29.6. The van der Waals surface area contributed by atoms with E-state index in [1.54, 1.807) is 36.8 Å². The lowest BCUT2D eigenvalue weighted by atomic mass is 9.86. The maximum atomic E-state index is 12.1. The van der Waals surface area contributed by atoms with Crippen LogP contribution in [-0.4, -0.2) is 54.2 Å². The minimum absolute atomic E-state index is 0.222. The molecular formula is C45H33N3O6. The molecular weight excluding hydrogens is 679 g/mol. The summed E-state index contributed by atoms with van der Waals surface area (Å²) in [6.45, 7) is 0. The first-order valence-corrected chi connectivity index (χ1v) is 17.0. The predicted molar refractivity (Wildman–Crippen MR) is 206 cm³/mol. The summed E-state index contributed by atoms with van der Waals surface area (Å²) in [5.74, 6) is -1.51. The molecule has 264 valence electrons. The second-order valence-electron chi connectivity index (χ2n) is 12.2. The molecule has 0 fully saturated rings. The van der Waals surface area contributed by atoms with Crippen LogP contribution in [-0.2, 0) is 14.2 Å². The highest BCUT2D eigenvalue weighted by atomic mass is 16.5. The van der Waals surface area contributed by atoms with Crippen LogP contribution in [0.2, 0.25) is 0 Å². The van der Waals surface area contributed by atoms with Gasteiger partial charge in [0.15, 0.2) is 0 Å². The molecule has 0 amide bonds. The fraction of sp³-hybridized carbons (Fsp3) is 0.0667. The largest absolute Gasteiger partial charge is 0.464 e. The van der Waals surface area contributed by atoms with Crippen LogP contribution in [0.5, 0.6) is 0 Å². The van der Waals surface area contributed by atoms with Crippen molar-refractivity contribution in [3.05, 3.63) is 163 Å². The number of rotatable bonds is 9. The quantitative estimate of drug-likeness (QED) is 0.107. The van der Waals surface area contributed by atoms with Gasteiger partial charge in [0.05, 0.1) is 21.3 Å². The Balaban J connectivity index is 1.42. The van der Waals surface area contributed by atoms with Crippen LogP contribution in [0.4, 0.5) is 0 Å². The first-order valence-electron chi connectivity index (χ1n) is 17.0. The smallest absolute Gasteiger partial charge is 0.356 e. The van der Waals surface area contributed by atoms with Gasteiger partial charge in [0.2, 0.25) is 0 Å². The maximum Gasteiger partial charge on any atom is 0.356 e. The summed E-state index contributed by atoms with van der Waals surface area (Å²) in [5, 5.41) is 0. The minimum Gasteiger partial charge on any atom is -0.464 e. The molecule has 0 spiro atoms. The maximum absolute atomic E-state index is 12.1. The van der Waals surface area contributed by atoms with Gasteiger partial charge in [-0.05, 0) is 86.5 Å². The first kappa shape index (κ1) is 35.2. The van der Waals surface area contributed by atoms with E-state index in [9.17, 15) is 14.4 Å². The van der Waals surface area contributed by atoms with E-state index in [-0.39, 0.29) is 17.1 Å². The summed E-state index contributed by atoms with van der Waals surface area (Å²) >= 11 is 0. The van der Waals surface area contributed by atoms with Crippen LogP contribution in [0.3, 0.4) is 0 Å². The van der Waals surface area contributed by atoms with Crippen molar-refractivity contribution in [2.24, 2.45) is 0 Å². The summed E-state index contributed by atoms with van der Waals surface area (Å²) in [6, 6.07) is 41.2. The Bertz CT molecular complexity index is 2200. The van der Waals surface area contributed by atoms with Crippen LogP contribution in [0, 0.1) is 0 Å². The van der Waals surface area contributed by atoms with E-state index >= 15 is 0 Å². The van der Waals surface area contributed by atoms with Gasteiger partial charge in [-0.1, -0.05) is 91.0 Å². The van der Waals surface area contributed by atoms with E-state index in [4.69, 9.17) is 14.2 Å². The molecule has 7 aromatic rings. The third kappa shape index (κ3) is 7.11. The van der Waals surface area contributed by atoms with E-state index in [1.807, 2.05) is 72.8 Å². The normalized spacial score (nSPS) is 10.7. The molecule has 0 aliphatic heterocycles. The van der Waals surface area contributed by atoms with Crippen LogP contribution in [0.25, 0.3) is 66.8 Å². The lowest BCUT2D eigenvalue weighted by Crippen LogP contribution is -2.03. The van der Waals surface area contributed by atoms with Crippen molar-refractivity contribution in [1.82, 2.24) is 15.0 Å². The van der Waals surface area contributed by atoms with Crippen LogP contribution < -0.4 is 0 Å². The van der Waals surface area contributed by atoms with E-state index < -0.39 is 17.9 Å². The molecule has 0 atom stereocenters. The van der Waals surface area contributed by atoms with Gasteiger partial charge in [-0.25, -0.2) is 29.3 Å². The van der Waals surface area contributed by atoms with Gasteiger partial charge in [-0.2, -0.15) is 0 Å².